The predicted octanol–water partition coefficient (Wildman–Crippen LogP) is 5.49. The summed E-state index contributed by atoms with van der Waals surface area (Å²) in [6.45, 7) is 0.910. The molecular weight excluding hydrogens is 629 g/mol. The maximum Gasteiger partial charge on any atom is 0.319 e. The molecule has 5 atom stereocenters. The number of fused-ring (bicyclic) bond motifs is 7. The zero-order valence-electron chi connectivity index (χ0n) is 25.9. The lowest BCUT2D eigenvalue weighted by atomic mass is 9.94. The van der Waals surface area contributed by atoms with Gasteiger partial charge in [0.1, 0.15) is 35.6 Å². The van der Waals surface area contributed by atoms with E-state index in [2.05, 4.69) is 26.1 Å². The number of nitrogens with zero attached hydrogens (tertiary/aromatic N) is 5. The van der Waals surface area contributed by atoms with Crippen LogP contribution >= 0.6 is 0 Å². The van der Waals surface area contributed by atoms with Crippen molar-refractivity contribution in [2.24, 2.45) is 0 Å². The van der Waals surface area contributed by atoms with E-state index < -0.39 is 41.0 Å². The van der Waals surface area contributed by atoms with E-state index in [4.69, 9.17) is 21.9 Å². The fraction of sp³-hybridized carbons (Fsp3) is 0.457. The number of nitrogen functional groups attached to an aromatic ring is 1. The molecule has 0 amide bonds. The Morgan fingerprint density at radius 1 is 1.10 bits per heavy atom. The molecule has 4 saturated heterocycles. The summed E-state index contributed by atoms with van der Waals surface area (Å²) in [5.74, 6) is -3.09. The standard InChI is InChI=1S/C35H32F5N7O/c1-2-21-23(37)5-4-18-12-20(41)13-22(26(18)21)29-28(38)30-27-24(42-29)6-7-25-35(40)10-9-34(39,45-35)16-47(25)31(27)44-32(43-30)48-17-33-8-3-11-46(33)15-19(36)14-33/h1,4-5,12-13,19,25,45H,3,6-11,14-17,41H2/t19-,25+,33+,34-,35+/m1/s1. The number of anilines is 2. The van der Waals surface area contributed by atoms with Gasteiger partial charge in [0.2, 0.25) is 0 Å². The molecule has 5 aliphatic heterocycles. The predicted molar refractivity (Wildman–Crippen MR) is 171 cm³/mol. The number of pyridine rings is 1. The Balaban J connectivity index is 1.26. The third kappa shape index (κ3) is 4.24. The second kappa shape index (κ2) is 10.1. The van der Waals surface area contributed by atoms with Gasteiger partial charge in [0.05, 0.1) is 34.8 Å². The van der Waals surface area contributed by atoms with Crippen LogP contribution in [0, 0.1) is 24.0 Å². The first-order valence-electron chi connectivity index (χ1n) is 16.3. The molecule has 248 valence electrons. The third-order valence-electron chi connectivity index (χ3n) is 11.1. The zero-order chi connectivity index (χ0) is 33.2. The number of terminal acetylenes is 1. The van der Waals surface area contributed by atoms with Crippen molar-refractivity contribution < 1.29 is 26.7 Å². The van der Waals surface area contributed by atoms with Gasteiger partial charge >= 0.3 is 6.01 Å². The average molecular weight is 662 g/mol. The maximum atomic E-state index is 17.1. The summed E-state index contributed by atoms with van der Waals surface area (Å²) in [6.07, 6.45) is 7.01. The average Bonchev–Trinajstić information content (AvgIpc) is 3.62. The molecule has 0 spiro atoms. The number of hydrogen-bond acceptors (Lipinski definition) is 8. The minimum Gasteiger partial charge on any atom is -0.461 e. The molecule has 3 N–H and O–H groups in total. The summed E-state index contributed by atoms with van der Waals surface area (Å²) in [5.41, 5.74) is 6.12. The maximum absolute atomic E-state index is 17.1. The molecule has 9 rings (SSSR count). The molecule has 2 aromatic heterocycles. The van der Waals surface area contributed by atoms with Crippen LogP contribution in [-0.2, 0) is 6.42 Å². The van der Waals surface area contributed by atoms with Crippen molar-refractivity contribution in [3.05, 3.63) is 47.2 Å². The molecule has 4 fully saturated rings. The number of aromatic nitrogens is 3. The summed E-state index contributed by atoms with van der Waals surface area (Å²) < 4.78 is 85.2. The van der Waals surface area contributed by atoms with E-state index in [0.29, 0.717) is 24.0 Å². The summed E-state index contributed by atoms with van der Waals surface area (Å²) in [4.78, 5) is 17.6. The molecule has 13 heteroatoms. The number of rotatable bonds is 4. The van der Waals surface area contributed by atoms with Crippen LogP contribution in [0.1, 0.15) is 49.8 Å². The quantitative estimate of drug-likeness (QED) is 0.129. The molecule has 0 unspecified atom stereocenters. The molecule has 7 heterocycles. The topological polar surface area (TPSA) is 92.4 Å². The molecule has 48 heavy (non-hydrogen) atoms. The summed E-state index contributed by atoms with van der Waals surface area (Å²) in [5, 5.41) is 3.55. The highest BCUT2D eigenvalue weighted by atomic mass is 19.2. The van der Waals surface area contributed by atoms with E-state index >= 15 is 13.2 Å². The van der Waals surface area contributed by atoms with Crippen molar-refractivity contribution in [2.75, 3.05) is 36.9 Å². The van der Waals surface area contributed by atoms with E-state index in [9.17, 15) is 8.78 Å². The Labute approximate surface area is 272 Å². The highest BCUT2D eigenvalue weighted by Crippen LogP contribution is 2.49. The Hall–Kier alpha value is -4.28. The molecule has 5 aliphatic rings. The van der Waals surface area contributed by atoms with E-state index in [1.54, 1.807) is 11.0 Å². The number of aryl methyl sites for hydroxylation is 1. The van der Waals surface area contributed by atoms with Crippen molar-refractivity contribution >= 4 is 33.2 Å². The molecule has 2 bridgehead atoms. The lowest BCUT2D eigenvalue weighted by Crippen LogP contribution is -2.67. The van der Waals surface area contributed by atoms with Crippen LogP contribution in [0.2, 0.25) is 0 Å². The van der Waals surface area contributed by atoms with Crippen LogP contribution in [0.3, 0.4) is 0 Å². The van der Waals surface area contributed by atoms with Gasteiger partial charge in [-0.15, -0.1) is 6.42 Å². The molecule has 8 nitrogen and oxygen atoms in total. The second-order valence-corrected chi connectivity index (χ2v) is 14.0. The smallest absolute Gasteiger partial charge is 0.319 e. The van der Waals surface area contributed by atoms with Gasteiger partial charge in [0.25, 0.3) is 0 Å². The van der Waals surface area contributed by atoms with Crippen LogP contribution < -0.4 is 20.7 Å². The first-order chi connectivity index (χ1) is 23.0. The second-order valence-electron chi connectivity index (χ2n) is 14.0. The summed E-state index contributed by atoms with van der Waals surface area (Å²) in [6, 6.07) is 4.81. The number of hydrogen-bond donors (Lipinski definition) is 2. The first-order valence-corrected chi connectivity index (χ1v) is 16.3. The van der Waals surface area contributed by atoms with E-state index in [-0.39, 0.29) is 89.5 Å². The summed E-state index contributed by atoms with van der Waals surface area (Å²) >= 11 is 0. The van der Waals surface area contributed by atoms with Crippen molar-refractivity contribution in [1.82, 2.24) is 25.2 Å². The number of nitrogens with two attached hydrogens (primary N) is 1. The highest BCUT2D eigenvalue weighted by molar-refractivity contribution is 6.04. The van der Waals surface area contributed by atoms with Gasteiger partial charge in [-0.1, -0.05) is 12.0 Å². The van der Waals surface area contributed by atoms with Gasteiger partial charge in [-0.05, 0) is 55.8 Å². The van der Waals surface area contributed by atoms with Crippen molar-refractivity contribution in [3.8, 4) is 29.6 Å². The SMILES string of the molecule is C#Cc1c(F)ccc2cc(N)cc(-c3nc4c5c(nc(OC[C@@]67CCCN6C[C@H](F)C7)nc5c3F)N3C[C@@]5(F)CC[C@](F)(N5)[C@@H]3CC4)c12. The summed E-state index contributed by atoms with van der Waals surface area (Å²) in [7, 11) is 0. The number of ether oxygens (including phenoxy) is 1. The Morgan fingerprint density at radius 2 is 1.96 bits per heavy atom. The first kappa shape index (κ1) is 29.8. The minimum atomic E-state index is -2.05. The van der Waals surface area contributed by atoms with Crippen molar-refractivity contribution in [2.45, 2.75) is 74.3 Å². The third-order valence-corrected chi connectivity index (χ3v) is 11.1. The lowest BCUT2D eigenvalue weighted by Gasteiger charge is -2.46. The Bertz CT molecular complexity index is 2090. The molecule has 0 aliphatic carbocycles. The largest absolute Gasteiger partial charge is 0.461 e. The fourth-order valence-electron chi connectivity index (χ4n) is 9.03. The highest BCUT2D eigenvalue weighted by Gasteiger charge is 2.61. The van der Waals surface area contributed by atoms with E-state index in [1.165, 1.54) is 18.2 Å². The van der Waals surface area contributed by atoms with Crippen LogP contribution in [0.25, 0.3) is 32.9 Å². The monoisotopic (exact) mass is 661 g/mol. The van der Waals surface area contributed by atoms with Crippen LogP contribution in [0.5, 0.6) is 6.01 Å². The molecule has 2 aromatic carbocycles. The van der Waals surface area contributed by atoms with Crippen molar-refractivity contribution in [1.29, 1.82) is 0 Å². The lowest BCUT2D eigenvalue weighted by molar-refractivity contribution is 0.0101. The van der Waals surface area contributed by atoms with Gasteiger partial charge in [0.15, 0.2) is 17.4 Å². The number of benzene rings is 2. The van der Waals surface area contributed by atoms with Crippen LogP contribution in [0.4, 0.5) is 33.5 Å². The molecule has 0 saturated carbocycles. The number of alkyl halides is 3. The number of piperazine rings is 1. The van der Waals surface area contributed by atoms with E-state index in [0.717, 1.165) is 19.4 Å². The van der Waals surface area contributed by atoms with Crippen LogP contribution in [-0.4, -0.2) is 75.4 Å². The Kier molecular flexibility index (Phi) is 6.29. The normalized spacial score (nSPS) is 30.8. The zero-order valence-corrected chi connectivity index (χ0v) is 25.9. The Morgan fingerprint density at radius 3 is 2.79 bits per heavy atom. The molecule has 4 aromatic rings. The number of halogens is 5. The molecular formula is C35H32F5N7O. The molecule has 0 radical (unpaired) electrons. The van der Waals surface area contributed by atoms with Gasteiger partial charge in [-0.2, -0.15) is 9.97 Å². The fourth-order valence-corrected chi connectivity index (χ4v) is 9.03. The van der Waals surface area contributed by atoms with Gasteiger partial charge in [-0.25, -0.2) is 32.3 Å². The van der Waals surface area contributed by atoms with Gasteiger partial charge in [-0.3, -0.25) is 4.90 Å². The van der Waals surface area contributed by atoms with E-state index in [1.807, 2.05) is 0 Å². The minimum absolute atomic E-state index is 0.0220. The number of nitrogens with one attached hydrogen (secondary N) is 1. The van der Waals surface area contributed by atoms with Crippen molar-refractivity contribution in [3.63, 3.8) is 0 Å². The van der Waals surface area contributed by atoms with Gasteiger partial charge in [0, 0.05) is 42.4 Å². The van der Waals surface area contributed by atoms with Crippen LogP contribution in [0.15, 0.2) is 24.3 Å². The van der Waals surface area contributed by atoms with Gasteiger partial charge < -0.3 is 15.4 Å².